The lowest BCUT2D eigenvalue weighted by molar-refractivity contribution is -0.0271. The Morgan fingerprint density at radius 3 is 2.50 bits per heavy atom. The number of hydrogen-bond acceptors (Lipinski definition) is 5. The Morgan fingerprint density at radius 1 is 1.35 bits per heavy atom. The Morgan fingerprint density at radius 2 is 2.00 bits per heavy atom. The molecule has 1 rings (SSSR count). The predicted molar refractivity (Wildman–Crippen MR) is 77.9 cm³/mol. The van der Waals surface area contributed by atoms with Gasteiger partial charge in [-0.3, -0.25) is 0 Å². The number of oxime groups is 1. The molecule has 0 aromatic heterocycles. The van der Waals surface area contributed by atoms with E-state index in [1.54, 1.807) is 32.0 Å². The molecule has 0 saturated heterocycles. The molecule has 0 radical (unpaired) electrons. The van der Waals surface area contributed by atoms with Crippen molar-refractivity contribution in [2.75, 3.05) is 13.7 Å². The second-order valence-electron chi connectivity index (χ2n) is 5.35. The minimum Gasteiger partial charge on any atom is -0.493 e. The quantitative estimate of drug-likeness (QED) is 0.478. The van der Waals surface area contributed by atoms with Gasteiger partial charge in [-0.2, -0.15) is 0 Å². The maximum absolute atomic E-state index is 10.2. The lowest BCUT2D eigenvalue weighted by atomic mass is 9.94. The zero-order chi connectivity index (χ0) is 15.3. The summed E-state index contributed by atoms with van der Waals surface area (Å²) in [5.41, 5.74) is 0.322. The number of ether oxygens (including phenoxy) is 2. The fourth-order valence-corrected chi connectivity index (χ4v) is 1.46. The average Bonchev–Trinajstić information content (AvgIpc) is 2.43. The van der Waals surface area contributed by atoms with Crippen LogP contribution in [-0.2, 0) is 0 Å². The Hall–Kier alpha value is -1.75. The topological polar surface area (TPSA) is 71.3 Å². The largest absolute Gasteiger partial charge is 0.493 e. The summed E-state index contributed by atoms with van der Waals surface area (Å²) in [6.07, 6.45) is 0. The highest BCUT2D eigenvalue weighted by molar-refractivity contribution is 5.98. The zero-order valence-electron chi connectivity index (χ0n) is 12.7. The summed E-state index contributed by atoms with van der Waals surface area (Å²) in [4.78, 5) is 0. The van der Waals surface area contributed by atoms with Gasteiger partial charge in [0.2, 0.25) is 0 Å². The minimum atomic E-state index is -0.911. The van der Waals surface area contributed by atoms with Crippen LogP contribution in [0.4, 0.5) is 0 Å². The molecule has 0 spiro atoms. The lowest BCUT2D eigenvalue weighted by Gasteiger charge is -2.27. The first-order chi connectivity index (χ1) is 9.31. The molecule has 0 bridgehead atoms. The van der Waals surface area contributed by atoms with Crippen LogP contribution < -0.4 is 9.47 Å². The third-order valence-electron chi connectivity index (χ3n) is 3.50. The van der Waals surface area contributed by atoms with Gasteiger partial charge >= 0.3 is 0 Å². The van der Waals surface area contributed by atoms with Crippen LogP contribution in [0.1, 0.15) is 33.3 Å². The maximum Gasteiger partial charge on any atom is 0.161 e. The summed E-state index contributed by atoms with van der Waals surface area (Å²) in [6.45, 7) is 7.48. The maximum atomic E-state index is 10.2. The minimum absolute atomic E-state index is 0.0801. The fourth-order valence-electron chi connectivity index (χ4n) is 1.46. The molecule has 112 valence electrons. The molecule has 0 saturated carbocycles. The van der Waals surface area contributed by atoms with E-state index < -0.39 is 5.60 Å². The van der Waals surface area contributed by atoms with E-state index in [1.807, 2.05) is 13.8 Å². The summed E-state index contributed by atoms with van der Waals surface area (Å²) >= 11 is 0. The van der Waals surface area contributed by atoms with Crippen molar-refractivity contribution in [3.63, 3.8) is 0 Å². The predicted octanol–water partition coefficient (Wildman–Crippen LogP) is 2.68. The molecular formula is C15H23NO4. The van der Waals surface area contributed by atoms with Crippen LogP contribution in [0.3, 0.4) is 0 Å². The smallest absolute Gasteiger partial charge is 0.161 e. The van der Waals surface area contributed by atoms with Crippen molar-refractivity contribution in [2.24, 2.45) is 11.1 Å². The van der Waals surface area contributed by atoms with Crippen molar-refractivity contribution in [3.8, 4) is 11.5 Å². The van der Waals surface area contributed by atoms with Crippen LogP contribution in [0, 0.1) is 5.92 Å². The van der Waals surface area contributed by atoms with E-state index in [0.29, 0.717) is 17.2 Å². The van der Waals surface area contributed by atoms with Gasteiger partial charge in [0.05, 0.1) is 18.4 Å². The first-order valence-corrected chi connectivity index (χ1v) is 6.54. The van der Waals surface area contributed by atoms with Crippen LogP contribution in [0.25, 0.3) is 0 Å². The normalized spacial score (nSPS) is 15.1. The second-order valence-corrected chi connectivity index (χ2v) is 5.35. The first-order valence-electron chi connectivity index (χ1n) is 6.54. The molecule has 2 N–H and O–H groups in total. The van der Waals surface area contributed by atoms with Gasteiger partial charge in [-0.05, 0) is 38.0 Å². The third kappa shape index (κ3) is 3.87. The molecule has 0 aliphatic carbocycles. The van der Waals surface area contributed by atoms with Crippen LogP contribution in [0.2, 0.25) is 0 Å². The monoisotopic (exact) mass is 281 g/mol. The van der Waals surface area contributed by atoms with Gasteiger partial charge in [0.15, 0.2) is 11.5 Å². The number of methoxy groups -OCH3 is 1. The number of benzene rings is 1. The van der Waals surface area contributed by atoms with E-state index >= 15 is 0 Å². The molecule has 1 aromatic carbocycles. The molecule has 20 heavy (non-hydrogen) atoms. The second kappa shape index (κ2) is 6.61. The number of aliphatic hydroxyl groups is 1. The van der Waals surface area contributed by atoms with E-state index in [9.17, 15) is 5.11 Å². The number of rotatable bonds is 6. The summed E-state index contributed by atoms with van der Waals surface area (Å²) < 4.78 is 10.9. The summed E-state index contributed by atoms with van der Waals surface area (Å²) in [6, 6.07) is 5.24. The molecule has 5 heteroatoms. The summed E-state index contributed by atoms with van der Waals surface area (Å²) in [5, 5.41) is 22.1. The fraction of sp³-hybridized carbons (Fsp3) is 0.533. The zero-order valence-corrected chi connectivity index (χ0v) is 12.7. The lowest BCUT2D eigenvalue weighted by Crippen LogP contribution is -2.37. The van der Waals surface area contributed by atoms with E-state index in [-0.39, 0.29) is 12.5 Å². The highest BCUT2D eigenvalue weighted by Gasteiger charge is 2.26. The summed E-state index contributed by atoms with van der Waals surface area (Å²) in [5.74, 6) is 1.16. The molecule has 1 unspecified atom stereocenters. The molecule has 1 aromatic rings. The highest BCUT2D eigenvalue weighted by Crippen LogP contribution is 2.29. The average molecular weight is 281 g/mol. The van der Waals surface area contributed by atoms with Crippen LogP contribution in [-0.4, -0.2) is 35.3 Å². The Kier molecular flexibility index (Phi) is 5.39. The van der Waals surface area contributed by atoms with E-state index in [2.05, 4.69) is 5.16 Å². The molecule has 1 atom stereocenters. The van der Waals surface area contributed by atoms with E-state index in [0.717, 1.165) is 5.56 Å². The van der Waals surface area contributed by atoms with Gasteiger partial charge < -0.3 is 19.8 Å². The van der Waals surface area contributed by atoms with Crippen molar-refractivity contribution in [3.05, 3.63) is 23.8 Å². The third-order valence-corrected chi connectivity index (χ3v) is 3.50. The first kappa shape index (κ1) is 16.3. The van der Waals surface area contributed by atoms with Gasteiger partial charge in [0.1, 0.15) is 6.61 Å². The van der Waals surface area contributed by atoms with Crippen LogP contribution >= 0.6 is 0 Å². The standard InChI is InChI=1S/C15H23NO4/c1-10(2)15(4,17)9-20-13-7-6-12(11(3)16-18)8-14(13)19-5/h6-8,10,17-18H,9H2,1-5H3/b16-11+. The van der Waals surface area contributed by atoms with E-state index in [1.165, 1.54) is 7.11 Å². The van der Waals surface area contributed by atoms with Crippen LogP contribution in [0.5, 0.6) is 11.5 Å². The van der Waals surface area contributed by atoms with Gasteiger partial charge in [-0.15, -0.1) is 0 Å². The van der Waals surface area contributed by atoms with Crippen molar-refractivity contribution in [1.29, 1.82) is 0 Å². The highest BCUT2D eigenvalue weighted by atomic mass is 16.5. The SMILES string of the molecule is COc1cc(/C(C)=N/O)ccc1OCC(C)(O)C(C)C. The van der Waals surface area contributed by atoms with Gasteiger partial charge in [-0.25, -0.2) is 0 Å². The Bertz CT molecular complexity index is 481. The van der Waals surface area contributed by atoms with Crippen molar-refractivity contribution in [2.45, 2.75) is 33.3 Å². The van der Waals surface area contributed by atoms with Crippen molar-refractivity contribution < 1.29 is 19.8 Å². The molecule has 0 aliphatic heterocycles. The Labute approximate surface area is 119 Å². The van der Waals surface area contributed by atoms with E-state index in [4.69, 9.17) is 14.7 Å². The molecule has 5 nitrogen and oxygen atoms in total. The van der Waals surface area contributed by atoms with Crippen LogP contribution in [0.15, 0.2) is 23.4 Å². The number of nitrogens with zero attached hydrogens (tertiary/aromatic N) is 1. The summed E-state index contributed by atoms with van der Waals surface area (Å²) in [7, 11) is 1.54. The molecule has 0 heterocycles. The Balaban J connectivity index is 2.92. The molecule has 0 fully saturated rings. The molecular weight excluding hydrogens is 258 g/mol. The molecule has 0 aliphatic rings. The van der Waals surface area contributed by atoms with Gasteiger partial charge in [-0.1, -0.05) is 19.0 Å². The number of hydrogen-bond donors (Lipinski definition) is 2. The molecule has 0 amide bonds. The van der Waals surface area contributed by atoms with Crippen molar-refractivity contribution in [1.82, 2.24) is 0 Å². The van der Waals surface area contributed by atoms with Gasteiger partial charge in [0, 0.05) is 5.56 Å². The van der Waals surface area contributed by atoms with Crippen molar-refractivity contribution >= 4 is 5.71 Å². The van der Waals surface area contributed by atoms with Gasteiger partial charge in [0.25, 0.3) is 0 Å².